The van der Waals surface area contributed by atoms with E-state index in [1.807, 2.05) is 24.0 Å². The first kappa shape index (κ1) is 27.5. The Morgan fingerprint density at radius 2 is 1.84 bits per heavy atom. The fourth-order valence-corrected chi connectivity index (χ4v) is 5.87. The third-order valence-electron chi connectivity index (χ3n) is 8.07. The summed E-state index contributed by atoms with van der Waals surface area (Å²) in [6.45, 7) is 7.17. The van der Waals surface area contributed by atoms with Gasteiger partial charge in [0, 0.05) is 51.0 Å². The molecule has 6 aromatic rings. The molecule has 1 aromatic carbocycles. The Kier molecular flexibility index (Phi) is 6.69. The number of aromatic carboxylic acids is 1. The van der Waals surface area contributed by atoms with Gasteiger partial charge in [-0.2, -0.15) is 9.50 Å². The van der Waals surface area contributed by atoms with Gasteiger partial charge in [-0.05, 0) is 55.3 Å². The number of nitrogen functional groups attached to an aromatic ring is 1. The van der Waals surface area contributed by atoms with Crippen LogP contribution in [0.3, 0.4) is 0 Å². The number of piperazine rings is 1. The fraction of sp³-hybridized carbons (Fsp3) is 0.267. The van der Waals surface area contributed by atoms with Crippen molar-refractivity contribution < 1.29 is 18.7 Å². The molecular formula is C30H29FN10O3. The van der Waals surface area contributed by atoms with Crippen LogP contribution in [0.2, 0.25) is 0 Å². The van der Waals surface area contributed by atoms with Crippen LogP contribution >= 0.6 is 0 Å². The minimum absolute atomic E-state index is 0.0946. The van der Waals surface area contributed by atoms with Gasteiger partial charge < -0.3 is 24.7 Å². The molecule has 0 amide bonds. The van der Waals surface area contributed by atoms with Crippen LogP contribution in [0.25, 0.3) is 39.7 Å². The van der Waals surface area contributed by atoms with Crippen LogP contribution in [0, 0.1) is 19.7 Å². The normalized spacial score (nSPS) is 14.2. The third-order valence-corrected chi connectivity index (χ3v) is 8.07. The van der Waals surface area contributed by atoms with E-state index >= 15 is 0 Å². The summed E-state index contributed by atoms with van der Waals surface area (Å²) in [6, 6.07) is 8.59. The smallest absolute Gasteiger partial charge is 0.352 e. The summed E-state index contributed by atoms with van der Waals surface area (Å²) < 4.78 is 23.3. The summed E-state index contributed by atoms with van der Waals surface area (Å²) >= 11 is 0. The molecule has 1 fully saturated rings. The van der Waals surface area contributed by atoms with Crippen LogP contribution in [0.1, 0.15) is 21.6 Å². The van der Waals surface area contributed by atoms with E-state index in [2.05, 4.69) is 25.0 Å². The lowest BCUT2D eigenvalue weighted by Crippen LogP contribution is -2.47. The molecule has 0 saturated carbocycles. The Bertz CT molecular complexity index is 2030. The summed E-state index contributed by atoms with van der Waals surface area (Å²) in [4.78, 5) is 34.6. The Balaban J connectivity index is 1.14. The zero-order valence-electron chi connectivity index (χ0n) is 24.1. The molecule has 0 spiro atoms. The molecule has 5 aromatic heterocycles. The molecule has 224 valence electrons. The molecule has 7 rings (SSSR count). The average molecular weight is 597 g/mol. The molecule has 0 atom stereocenters. The van der Waals surface area contributed by atoms with Gasteiger partial charge in [0.2, 0.25) is 17.7 Å². The van der Waals surface area contributed by atoms with Crippen LogP contribution < -0.4 is 10.6 Å². The Hall–Kier alpha value is -5.37. The second-order valence-corrected chi connectivity index (χ2v) is 10.8. The number of aromatic nitrogens is 7. The van der Waals surface area contributed by atoms with E-state index < -0.39 is 5.97 Å². The van der Waals surface area contributed by atoms with Gasteiger partial charge in [0.15, 0.2) is 5.65 Å². The largest absolute Gasteiger partial charge is 0.477 e. The zero-order chi connectivity index (χ0) is 30.5. The second-order valence-electron chi connectivity index (χ2n) is 10.8. The van der Waals surface area contributed by atoms with Crippen molar-refractivity contribution in [3.05, 3.63) is 71.6 Å². The Labute approximate surface area is 250 Å². The number of pyridine rings is 1. The van der Waals surface area contributed by atoms with Crippen molar-refractivity contribution >= 4 is 34.3 Å². The van der Waals surface area contributed by atoms with Crippen molar-refractivity contribution in [2.45, 2.75) is 20.4 Å². The van der Waals surface area contributed by atoms with Gasteiger partial charge in [0.05, 0.1) is 17.3 Å². The molecular weight excluding hydrogens is 567 g/mol. The number of nitrogens with two attached hydrogens (primary N) is 1. The average Bonchev–Trinajstić information content (AvgIpc) is 3.76. The highest BCUT2D eigenvalue weighted by Crippen LogP contribution is 2.31. The number of fused-ring (bicyclic) bond motifs is 3. The minimum atomic E-state index is -1.07. The number of hydrogen-bond donors (Lipinski definition) is 2. The summed E-state index contributed by atoms with van der Waals surface area (Å²) in [5.74, 6) is -0.465. The maximum atomic E-state index is 14.8. The molecule has 0 bridgehead atoms. The number of carboxylic acid groups (broad SMARTS) is 1. The van der Waals surface area contributed by atoms with E-state index in [0.717, 1.165) is 5.56 Å². The monoisotopic (exact) mass is 596 g/mol. The third kappa shape index (κ3) is 4.68. The first-order valence-corrected chi connectivity index (χ1v) is 14.2. The standard InChI is InChI=1S/C30H29FN10O3/c1-17-5-6-33-21(15-17)25-35-27-23-18(2)24(29(42)43)40(26(23)36-30(32)41(27)37-25)13-10-38-8-11-39(12-9-38)22-16-19(3-4-20(22)31)28-34-7-14-44-28/h3-7,14-16H,8-13H2,1-2H3,(H2,32,36)(H,42,43). The van der Waals surface area contributed by atoms with Gasteiger partial charge in [-0.1, -0.05) is 0 Å². The number of carbonyl (C=O) groups is 1. The highest BCUT2D eigenvalue weighted by atomic mass is 19.1. The van der Waals surface area contributed by atoms with Crippen LogP contribution in [0.5, 0.6) is 0 Å². The molecule has 0 aliphatic carbocycles. The predicted octanol–water partition coefficient (Wildman–Crippen LogP) is 3.65. The number of hydrogen-bond acceptors (Lipinski definition) is 10. The van der Waals surface area contributed by atoms with Crippen molar-refractivity contribution in [3.63, 3.8) is 0 Å². The lowest BCUT2D eigenvalue weighted by molar-refractivity contribution is 0.0683. The number of halogens is 1. The van der Waals surface area contributed by atoms with Gasteiger partial charge in [-0.15, -0.1) is 5.10 Å². The molecule has 1 aliphatic heterocycles. The lowest BCUT2D eigenvalue weighted by Gasteiger charge is -2.36. The van der Waals surface area contributed by atoms with Crippen LogP contribution in [-0.2, 0) is 6.54 Å². The van der Waals surface area contributed by atoms with E-state index in [4.69, 9.17) is 15.1 Å². The van der Waals surface area contributed by atoms with Crippen molar-refractivity contribution in [2.75, 3.05) is 43.4 Å². The highest BCUT2D eigenvalue weighted by Gasteiger charge is 2.27. The van der Waals surface area contributed by atoms with Crippen molar-refractivity contribution in [1.82, 2.24) is 39.0 Å². The van der Waals surface area contributed by atoms with E-state index in [0.29, 0.717) is 90.2 Å². The molecule has 44 heavy (non-hydrogen) atoms. The lowest BCUT2D eigenvalue weighted by atomic mass is 10.1. The Morgan fingerprint density at radius 3 is 2.57 bits per heavy atom. The van der Waals surface area contributed by atoms with Crippen molar-refractivity contribution in [2.24, 2.45) is 0 Å². The number of aryl methyl sites for hydroxylation is 2. The summed E-state index contributed by atoms with van der Waals surface area (Å²) in [5, 5.41) is 15.3. The van der Waals surface area contributed by atoms with E-state index in [1.165, 1.54) is 16.8 Å². The minimum Gasteiger partial charge on any atom is -0.477 e. The maximum absolute atomic E-state index is 14.8. The molecule has 13 nitrogen and oxygen atoms in total. The number of benzene rings is 1. The van der Waals surface area contributed by atoms with E-state index in [-0.39, 0.29) is 17.5 Å². The van der Waals surface area contributed by atoms with E-state index in [9.17, 15) is 14.3 Å². The molecule has 14 heteroatoms. The molecule has 0 unspecified atom stereocenters. The van der Waals surface area contributed by atoms with Crippen molar-refractivity contribution in [1.29, 1.82) is 0 Å². The van der Waals surface area contributed by atoms with Crippen LogP contribution in [0.4, 0.5) is 16.0 Å². The number of anilines is 2. The summed E-state index contributed by atoms with van der Waals surface area (Å²) in [7, 11) is 0. The Morgan fingerprint density at radius 1 is 1.02 bits per heavy atom. The highest BCUT2D eigenvalue weighted by molar-refractivity contribution is 6.02. The predicted molar refractivity (Wildman–Crippen MR) is 161 cm³/mol. The quantitative estimate of drug-likeness (QED) is 0.277. The first-order chi connectivity index (χ1) is 21.3. The van der Waals surface area contributed by atoms with Gasteiger partial charge in [0.1, 0.15) is 29.1 Å². The van der Waals surface area contributed by atoms with Gasteiger partial charge in [0.25, 0.3) is 0 Å². The van der Waals surface area contributed by atoms with Gasteiger partial charge in [-0.25, -0.2) is 19.2 Å². The maximum Gasteiger partial charge on any atom is 0.352 e. The van der Waals surface area contributed by atoms with Gasteiger partial charge in [-0.3, -0.25) is 9.88 Å². The fourth-order valence-electron chi connectivity index (χ4n) is 5.87. The number of rotatable bonds is 7. The summed E-state index contributed by atoms with van der Waals surface area (Å²) in [5.41, 5.74) is 10.6. The number of oxazole rings is 1. The van der Waals surface area contributed by atoms with Crippen molar-refractivity contribution in [3.8, 4) is 23.0 Å². The molecule has 1 aliphatic rings. The number of carboxylic acids is 1. The SMILES string of the molecule is Cc1ccnc(-c2nc3c4c(C)c(C(=O)O)n(CCN5CCN(c6cc(-c7ncco7)ccc6F)CC5)c4nc(N)n3n2)c1. The van der Waals surface area contributed by atoms with Gasteiger partial charge >= 0.3 is 5.97 Å². The first-order valence-electron chi connectivity index (χ1n) is 14.2. The molecule has 1 saturated heterocycles. The number of nitrogens with zero attached hydrogens (tertiary/aromatic N) is 9. The molecule has 0 radical (unpaired) electrons. The second kappa shape index (κ2) is 10.7. The zero-order valence-corrected chi connectivity index (χ0v) is 24.1. The van der Waals surface area contributed by atoms with Crippen LogP contribution in [-0.4, -0.2) is 82.8 Å². The topological polar surface area (TPSA) is 157 Å². The molecule has 6 heterocycles. The van der Waals surface area contributed by atoms with Crippen LogP contribution in [0.15, 0.2) is 53.4 Å². The summed E-state index contributed by atoms with van der Waals surface area (Å²) in [6.07, 6.45) is 4.73. The van der Waals surface area contributed by atoms with E-state index in [1.54, 1.807) is 36.0 Å². The molecule has 3 N–H and O–H groups in total.